The van der Waals surface area contributed by atoms with Gasteiger partial charge in [0.2, 0.25) is 0 Å². The van der Waals surface area contributed by atoms with Crippen molar-refractivity contribution in [2.45, 2.75) is 45.1 Å². The van der Waals surface area contributed by atoms with Gasteiger partial charge in [0.1, 0.15) is 0 Å². The second kappa shape index (κ2) is 3.89. The molecule has 2 atom stereocenters. The van der Waals surface area contributed by atoms with Crippen LogP contribution in [0.15, 0.2) is 30.3 Å². The van der Waals surface area contributed by atoms with Gasteiger partial charge in [-0.05, 0) is 50.6 Å². The normalized spacial score (nSPS) is 29.1. The molecule has 16 heavy (non-hydrogen) atoms. The van der Waals surface area contributed by atoms with Crippen molar-refractivity contribution in [2.75, 3.05) is 6.54 Å². The van der Waals surface area contributed by atoms with E-state index in [1.165, 1.54) is 12.0 Å². The van der Waals surface area contributed by atoms with E-state index in [2.05, 4.69) is 63.3 Å². The predicted octanol–water partition coefficient (Wildman–Crippen LogP) is 3.35. The highest BCUT2D eigenvalue weighted by Gasteiger charge is 2.50. The molecule has 0 aromatic heterocycles. The summed E-state index contributed by atoms with van der Waals surface area (Å²) in [4.78, 5) is 0. The monoisotopic (exact) mass is 217 g/mol. The van der Waals surface area contributed by atoms with Gasteiger partial charge in [0.25, 0.3) is 0 Å². The van der Waals surface area contributed by atoms with Crippen LogP contribution in [0.5, 0.6) is 0 Å². The third kappa shape index (κ3) is 2.46. The molecule has 0 radical (unpaired) electrons. The molecule has 1 aliphatic carbocycles. The van der Waals surface area contributed by atoms with Gasteiger partial charge in [-0.15, -0.1) is 0 Å². The van der Waals surface area contributed by atoms with E-state index in [1.807, 2.05) is 0 Å². The minimum Gasteiger partial charge on any atom is -0.312 e. The summed E-state index contributed by atoms with van der Waals surface area (Å²) < 4.78 is 0. The zero-order valence-electron chi connectivity index (χ0n) is 10.9. The molecule has 0 spiro atoms. The standard InChI is InChI=1S/C15H23N/c1-14(2,3)16-11-13-10-15(13,4)12-8-6-5-7-9-12/h5-9,13,16H,10-11H2,1-4H3. The highest BCUT2D eigenvalue weighted by atomic mass is 15.0. The molecule has 0 bridgehead atoms. The lowest BCUT2D eigenvalue weighted by Crippen LogP contribution is -2.37. The molecule has 0 heterocycles. The Morgan fingerprint density at radius 1 is 1.25 bits per heavy atom. The van der Waals surface area contributed by atoms with E-state index < -0.39 is 0 Å². The van der Waals surface area contributed by atoms with Crippen LogP contribution < -0.4 is 5.32 Å². The number of hydrogen-bond donors (Lipinski definition) is 1. The minimum absolute atomic E-state index is 0.236. The fourth-order valence-electron chi connectivity index (χ4n) is 2.35. The van der Waals surface area contributed by atoms with Crippen LogP contribution in [0, 0.1) is 5.92 Å². The summed E-state index contributed by atoms with van der Waals surface area (Å²) in [5.74, 6) is 0.800. The van der Waals surface area contributed by atoms with E-state index in [0.717, 1.165) is 12.5 Å². The van der Waals surface area contributed by atoms with E-state index in [4.69, 9.17) is 0 Å². The highest BCUT2D eigenvalue weighted by Crippen LogP contribution is 2.53. The number of rotatable bonds is 3. The summed E-state index contributed by atoms with van der Waals surface area (Å²) in [6, 6.07) is 10.9. The molecular formula is C15H23N. The van der Waals surface area contributed by atoms with Gasteiger partial charge in [-0.2, -0.15) is 0 Å². The van der Waals surface area contributed by atoms with Gasteiger partial charge in [-0.25, -0.2) is 0 Å². The highest BCUT2D eigenvalue weighted by molar-refractivity contribution is 5.32. The first-order valence-corrected chi connectivity index (χ1v) is 6.22. The number of benzene rings is 1. The Labute approximate surface area is 99.3 Å². The van der Waals surface area contributed by atoms with Crippen molar-refractivity contribution in [1.29, 1.82) is 0 Å². The Balaban J connectivity index is 1.95. The van der Waals surface area contributed by atoms with Crippen molar-refractivity contribution in [3.8, 4) is 0 Å². The summed E-state index contributed by atoms with van der Waals surface area (Å²) >= 11 is 0. The number of hydrogen-bond acceptors (Lipinski definition) is 1. The van der Waals surface area contributed by atoms with Crippen LogP contribution in [0.4, 0.5) is 0 Å². The molecule has 2 rings (SSSR count). The smallest absolute Gasteiger partial charge is 0.00966 e. The number of nitrogens with one attached hydrogen (secondary N) is 1. The maximum absolute atomic E-state index is 3.61. The first-order chi connectivity index (χ1) is 7.42. The van der Waals surface area contributed by atoms with Crippen molar-refractivity contribution in [3.05, 3.63) is 35.9 Å². The van der Waals surface area contributed by atoms with Crippen LogP contribution >= 0.6 is 0 Å². The summed E-state index contributed by atoms with van der Waals surface area (Å²) in [5.41, 5.74) is 2.15. The van der Waals surface area contributed by atoms with Crippen molar-refractivity contribution < 1.29 is 0 Å². The molecule has 88 valence electrons. The average Bonchev–Trinajstić information content (AvgIpc) is 2.89. The average molecular weight is 217 g/mol. The fraction of sp³-hybridized carbons (Fsp3) is 0.600. The maximum Gasteiger partial charge on any atom is 0.00966 e. The Morgan fingerprint density at radius 2 is 1.88 bits per heavy atom. The molecular weight excluding hydrogens is 194 g/mol. The zero-order chi connectivity index (χ0) is 11.8. The molecule has 1 nitrogen and oxygen atoms in total. The molecule has 1 heteroatoms. The van der Waals surface area contributed by atoms with Crippen LogP contribution in [0.1, 0.15) is 39.7 Å². The van der Waals surface area contributed by atoms with Crippen LogP contribution in [-0.2, 0) is 5.41 Å². The van der Waals surface area contributed by atoms with Gasteiger partial charge in [-0.1, -0.05) is 37.3 Å². The Morgan fingerprint density at radius 3 is 2.44 bits per heavy atom. The van der Waals surface area contributed by atoms with Crippen molar-refractivity contribution in [1.82, 2.24) is 5.32 Å². The minimum atomic E-state index is 0.236. The van der Waals surface area contributed by atoms with Crippen LogP contribution in [0.25, 0.3) is 0 Å². The van der Waals surface area contributed by atoms with E-state index in [9.17, 15) is 0 Å². The van der Waals surface area contributed by atoms with Gasteiger partial charge >= 0.3 is 0 Å². The lowest BCUT2D eigenvalue weighted by atomic mass is 9.95. The van der Waals surface area contributed by atoms with Gasteiger partial charge in [0, 0.05) is 5.54 Å². The SMILES string of the molecule is CC(C)(C)NCC1CC1(C)c1ccccc1. The first kappa shape index (κ1) is 11.7. The van der Waals surface area contributed by atoms with Gasteiger partial charge in [0.05, 0.1) is 0 Å². The summed E-state index contributed by atoms with van der Waals surface area (Å²) in [6.45, 7) is 10.2. The predicted molar refractivity (Wildman–Crippen MR) is 69.7 cm³/mol. The molecule has 1 N–H and O–H groups in total. The summed E-state index contributed by atoms with van der Waals surface area (Å²) in [7, 11) is 0. The van der Waals surface area contributed by atoms with Gasteiger partial charge in [-0.3, -0.25) is 0 Å². The largest absolute Gasteiger partial charge is 0.312 e. The lowest BCUT2D eigenvalue weighted by Gasteiger charge is -2.21. The van der Waals surface area contributed by atoms with E-state index in [-0.39, 0.29) is 5.54 Å². The molecule has 1 aliphatic rings. The van der Waals surface area contributed by atoms with Crippen molar-refractivity contribution in [3.63, 3.8) is 0 Å². The lowest BCUT2D eigenvalue weighted by molar-refractivity contribution is 0.406. The molecule has 2 unspecified atom stereocenters. The van der Waals surface area contributed by atoms with Gasteiger partial charge < -0.3 is 5.32 Å². The molecule has 0 aliphatic heterocycles. The Kier molecular flexibility index (Phi) is 2.83. The maximum atomic E-state index is 3.61. The van der Waals surface area contributed by atoms with Crippen molar-refractivity contribution >= 4 is 0 Å². The van der Waals surface area contributed by atoms with E-state index in [1.54, 1.807) is 0 Å². The molecule has 1 saturated carbocycles. The molecule has 1 aromatic rings. The van der Waals surface area contributed by atoms with Crippen LogP contribution in [0.2, 0.25) is 0 Å². The fourth-order valence-corrected chi connectivity index (χ4v) is 2.35. The quantitative estimate of drug-likeness (QED) is 0.818. The van der Waals surface area contributed by atoms with E-state index in [0.29, 0.717) is 5.41 Å². The topological polar surface area (TPSA) is 12.0 Å². The third-order valence-electron chi connectivity index (χ3n) is 3.72. The van der Waals surface area contributed by atoms with Crippen LogP contribution in [-0.4, -0.2) is 12.1 Å². The third-order valence-corrected chi connectivity index (χ3v) is 3.72. The summed E-state index contributed by atoms with van der Waals surface area (Å²) in [6.07, 6.45) is 1.32. The Hall–Kier alpha value is -0.820. The molecule has 0 amide bonds. The Bertz CT molecular complexity index is 349. The molecule has 1 aromatic carbocycles. The zero-order valence-corrected chi connectivity index (χ0v) is 10.9. The second-order valence-electron chi connectivity index (χ2n) is 6.32. The van der Waals surface area contributed by atoms with Crippen molar-refractivity contribution in [2.24, 2.45) is 5.92 Å². The molecule has 0 saturated heterocycles. The van der Waals surface area contributed by atoms with Crippen LogP contribution in [0.3, 0.4) is 0 Å². The van der Waals surface area contributed by atoms with Gasteiger partial charge in [0.15, 0.2) is 0 Å². The molecule has 1 fully saturated rings. The van der Waals surface area contributed by atoms with E-state index >= 15 is 0 Å². The summed E-state index contributed by atoms with van der Waals surface area (Å²) in [5, 5.41) is 3.61. The second-order valence-corrected chi connectivity index (χ2v) is 6.32. The first-order valence-electron chi connectivity index (χ1n) is 6.22.